The lowest BCUT2D eigenvalue weighted by Gasteiger charge is -2.29. The highest BCUT2D eigenvalue weighted by atomic mass is 16.6. The summed E-state index contributed by atoms with van der Waals surface area (Å²) in [6.45, 7) is 2.27. The summed E-state index contributed by atoms with van der Waals surface area (Å²) in [4.78, 5) is 212. The Morgan fingerprint density at radius 1 is 0.596 bits per heavy atom. The number of fused-ring (bicyclic) bond motifs is 4. The molecule has 532 valence electrons. The Kier molecular flexibility index (Phi) is 21.4. The van der Waals surface area contributed by atoms with E-state index in [4.69, 9.17) is 21.4 Å². The number of Topliss-reactive ketones (excluding diaryl/α,β-unsaturated/α-hetero) is 4. The molecule has 7 heterocycles. The van der Waals surface area contributed by atoms with Gasteiger partial charge in [-0.3, -0.25) is 97.5 Å². The van der Waals surface area contributed by atoms with Crippen LogP contribution in [0.5, 0.6) is 0 Å². The third-order valence-electron chi connectivity index (χ3n) is 17.7. The van der Waals surface area contributed by atoms with Gasteiger partial charge in [-0.1, -0.05) is 40.5 Å². The number of nitrogens with one attached hydrogen (secondary N) is 6. The maximum Gasteiger partial charge on any atom is 0.412 e. The molecule has 2 aliphatic carbocycles. The van der Waals surface area contributed by atoms with Crippen LogP contribution >= 0.6 is 0 Å². The molecule has 4 fully saturated rings. The van der Waals surface area contributed by atoms with Crippen molar-refractivity contribution in [1.82, 2.24) is 54.5 Å². The van der Waals surface area contributed by atoms with Crippen LogP contribution in [-0.4, -0.2) is 152 Å². The number of anilines is 4. The van der Waals surface area contributed by atoms with Gasteiger partial charge in [0, 0.05) is 77.3 Å². The van der Waals surface area contributed by atoms with Crippen LogP contribution in [0.1, 0.15) is 125 Å². The van der Waals surface area contributed by atoms with Crippen LogP contribution in [0.15, 0.2) is 93.7 Å². The lowest BCUT2D eigenvalue weighted by molar-refractivity contribution is -0.138. The highest BCUT2D eigenvalue weighted by molar-refractivity contribution is 6.10. The molecular formula is C68H62N18O18. The molecule has 104 heavy (non-hydrogen) atoms. The second-order valence-corrected chi connectivity index (χ2v) is 24.5. The Bertz CT molecular complexity index is 5080. The molecule has 3 aromatic heterocycles. The predicted molar refractivity (Wildman–Crippen MR) is 361 cm³/mol. The van der Waals surface area contributed by atoms with Gasteiger partial charge in [0.15, 0.2) is 18.2 Å². The van der Waals surface area contributed by atoms with E-state index in [0.29, 0.717) is 50.5 Å². The van der Waals surface area contributed by atoms with Crippen LogP contribution in [0, 0.1) is 26.2 Å². The molecule has 0 bridgehead atoms. The number of aryl methyl sites for hydroxylation is 2. The summed E-state index contributed by atoms with van der Waals surface area (Å²) in [7, 11) is 0. The van der Waals surface area contributed by atoms with Crippen molar-refractivity contribution in [3.63, 3.8) is 0 Å². The summed E-state index contributed by atoms with van der Waals surface area (Å²) >= 11 is 0. The van der Waals surface area contributed by atoms with Gasteiger partial charge in [0.2, 0.25) is 35.4 Å². The second kappa shape index (κ2) is 31.0. The van der Waals surface area contributed by atoms with Crippen molar-refractivity contribution < 1.29 is 76.6 Å². The van der Waals surface area contributed by atoms with Crippen LogP contribution in [0.4, 0.5) is 32.3 Å². The average Bonchev–Trinajstić information content (AvgIpc) is 0.996. The Hall–Kier alpha value is -13.5. The number of piperidine rings is 2. The minimum Gasteiger partial charge on any atom is -0.443 e. The van der Waals surface area contributed by atoms with Crippen molar-refractivity contribution in [2.45, 2.75) is 128 Å². The van der Waals surface area contributed by atoms with Gasteiger partial charge in [0.1, 0.15) is 60.7 Å². The third-order valence-corrected chi connectivity index (χ3v) is 17.7. The minimum atomic E-state index is -0.931. The molecule has 4 aliphatic heterocycles. The highest BCUT2D eigenvalue weighted by Crippen LogP contribution is 2.36. The van der Waals surface area contributed by atoms with E-state index in [2.05, 4.69) is 68.1 Å². The molecule has 36 nitrogen and oxygen atoms in total. The van der Waals surface area contributed by atoms with Crippen molar-refractivity contribution >= 4 is 127 Å². The van der Waals surface area contributed by atoms with E-state index >= 15 is 0 Å². The predicted octanol–water partition coefficient (Wildman–Crippen LogP) is 3.75. The molecule has 4 atom stereocenters. The van der Waals surface area contributed by atoms with Crippen molar-refractivity contribution in [3.05, 3.63) is 150 Å². The van der Waals surface area contributed by atoms with Crippen LogP contribution in [0.2, 0.25) is 0 Å². The summed E-state index contributed by atoms with van der Waals surface area (Å²) in [6.07, 6.45) is 6.10. The van der Waals surface area contributed by atoms with Crippen molar-refractivity contribution in [2.24, 2.45) is 5.11 Å². The average molecular weight is 1420 g/mol. The molecule has 36 heteroatoms. The fraction of sp³-hybridized carbons (Fsp3) is 0.324. The first kappa shape index (κ1) is 71.8. The fourth-order valence-electron chi connectivity index (χ4n) is 13.0. The number of nitrogens with zero attached hydrogens (tertiary/aromatic N) is 12. The van der Waals surface area contributed by atoms with E-state index in [9.17, 15) is 76.7 Å². The van der Waals surface area contributed by atoms with Crippen molar-refractivity contribution in [2.75, 3.05) is 34.4 Å². The van der Waals surface area contributed by atoms with Gasteiger partial charge in [0.05, 0.1) is 64.3 Å². The zero-order chi connectivity index (χ0) is 74.2. The standard InChI is InChI=1S/C34H31N9O9.C17H16N6O4.C17H15N3O5/c1-17-35-23-6-3-7-24(30(23)33(50)43(17)26-10-11-28(46)38-31(26)48)36-29(47)15-41-13-18(39-40-41)16-52-34(51)37-22-5-2-4-20-21(22)14-42(32(20)49)25-9-8-19(44)12-27(25)45;1-9-20-11-3-2-4-12(21-15(26)8-19-22-18)16(11)17(27)23(9)13-6-5-10(24)7-14(13)25;1-2-8-25-17(24)18-12-5-3-4-10-11(12)9-20(16(10)23)13-6-7-14(21)19-15(13)22/h2-7,13,25-26H,8-12,14-16H2,1H3,(H,36,47)(H,37,51)(H,38,46,48);2-4,13H,5-8H2,1H3,(H,21,26);1,3-5,13H,6-9H2,(H,18,24)(H,19,21,22). The number of ether oxygens (including phenoxy) is 2. The number of benzene rings is 4. The fourth-order valence-corrected chi connectivity index (χ4v) is 13.0. The second-order valence-electron chi connectivity index (χ2n) is 24.5. The molecule has 2 saturated carbocycles. The van der Waals surface area contributed by atoms with Gasteiger partial charge < -0.3 is 29.9 Å². The van der Waals surface area contributed by atoms with Crippen LogP contribution in [-0.2, 0) is 83.7 Å². The number of rotatable bonds is 15. The Morgan fingerprint density at radius 2 is 1.07 bits per heavy atom. The van der Waals surface area contributed by atoms with Crippen molar-refractivity contribution in [3.8, 4) is 12.3 Å². The van der Waals surface area contributed by atoms with Gasteiger partial charge in [-0.15, -0.1) is 11.5 Å². The summed E-state index contributed by atoms with van der Waals surface area (Å²) in [5.41, 5.74) is 11.2. The number of azide groups is 1. The zero-order valence-electron chi connectivity index (χ0n) is 55.4. The molecule has 10 amide bonds. The molecular weight excluding hydrogens is 1360 g/mol. The van der Waals surface area contributed by atoms with E-state index in [0.717, 1.165) is 0 Å². The molecule has 4 unspecified atom stereocenters. The number of hydrogen-bond donors (Lipinski definition) is 6. The van der Waals surface area contributed by atoms with Crippen LogP contribution in [0.25, 0.3) is 32.2 Å². The topological polar surface area (TPSA) is 485 Å². The van der Waals surface area contributed by atoms with Crippen molar-refractivity contribution in [1.29, 1.82) is 0 Å². The van der Waals surface area contributed by atoms with Gasteiger partial charge in [-0.05, 0) is 93.6 Å². The summed E-state index contributed by atoms with van der Waals surface area (Å²) in [5, 5.41) is 26.2. The number of aromatic nitrogens is 7. The Labute approximate surface area is 586 Å². The molecule has 7 aromatic rings. The Balaban J connectivity index is 0.000000174. The number of imide groups is 2. The number of amides is 10. The van der Waals surface area contributed by atoms with E-state index in [1.54, 1.807) is 74.5 Å². The summed E-state index contributed by atoms with van der Waals surface area (Å²) in [6, 6.07) is 16.2. The smallest absolute Gasteiger partial charge is 0.412 e. The lowest BCUT2D eigenvalue weighted by Crippen LogP contribution is -2.52. The van der Waals surface area contributed by atoms with Crippen LogP contribution < -0.4 is 43.0 Å². The highest BCUT2D eigenvalue weighted by Gasteiger charge is 2.42. The number of terminal acetylenes is 1. The summed E-state index contributed by atoms with van der Waals surface area (Å²) in [5.74, 6) is -1.72. The third kappa shape index (κ3) is 15.6. The number of ketones is 4. The Morgan fingerprint density at radius 3 is 1.59 bits per heavy atom. The monoisotopic (exact) mass is 1420 g/mol. The molecule has 0 radical (unpaired) electrons. The van der Waals surface area contributed by atoms with Gasteiger partial charge in [0.25, 0.3) is 22.9 Å². The van der Waals surface area contributed by atoms with E-state index in [1.807, 2.05) is 0 Å². The molecule has 13 rings (SSSR count). The minimum absolute atomic E-state index is 0.0695. The largest absolute Gasteiger partial charge is 0.443 e. The first-order valence-corrected chi connectivity index (χ1v) is 32.4. The SMILES string of the molecule is C#CCOC(=O)Nc1cccc2c1CN(C1CCC(=O)NC1=O)C2=O.Cc1nc2cccc(NC(=O)CN=[N+]=[N-])c2c(=O)n1C1CCC(=O)CC1=O.Cc1nc2cccc(NC(=O)Cn3cc(COC(=O)Nc4cccc5c4CN(C4CCC(=O)CC4=O)C5=O)nn3)c2c(=O)n1C1CCC(=O)NC1=O. The zero-order valence-corrected chi connectivity index (χ0v) is 55.4. The quantitative estimate of drug-likeness (QED) is 0.0212. The first-order valence-electron chi connectivity index (χ1n) is 32.4. The normalized spacial score (nSPS) is 18.3. The molecule has 0 spiro atoms. The molecule has 4 aromatic carbocycles. The number of carbonyl (C=O) groups is 14. The lowest BCUT2D eigenvalue weighted by atomic mass is 9.92. The van der Waals surface area contributed by atoms with E-state index < -0.39 is 83.6 Å². The molecule has 6 aliphatic rings. The molecule has 6 N–H and O–H groups in total. The maximum absolute atomic E-state index is 13.6. The maximum atomic E-state index is 13.6. The first-order chi connectivity index (χ1) is 49.9. The van der Waals surface area contributed by atoms with Gasteiger partial charge in [-0.2, -0.15) is 0 Å². The van der Waals surface area contributed by atoms with E-state index in [1.165, 1.54) is 41.9 Å². The molecule has 2 saturated heterocycles. The number of hydrogen-bond acceptors (Lipinski definition) is 23. The number of carbonyl (C=O) groups excluding carboxylic acids is 14. The van der Waals surface area contributed by atoms with Gasteiger partial charge in [-0.25, -0.2) is 24.2 Å². The van der Waals surface area contributed by atoms with E-state index in [-0.39, 0.29) is 172 Å². The van der Waals surface area contributed by atoms with Crippen LogP contribution in [0.3, 0.4) is 0 Å². The van der Waals surface area contributed by atoms with Gasteiger partial charge >= 0.3 is 12.2 Å². The summed E-state index contributed by atoms with van der Waals surface area (Å²) < 4.78 is 13.8.